The van der Waals surface area contributed by atoms with Crippen LogP contribution < -0.4 is 10.2 Å². The van der Waals surface area contributed by atoms with Crippen LogP contribution >= 0.6 is 23.2 Å². The summed E-state index contributed by atoms with van der Waals surface area (Å²) in [4.78, 5) is 12.5. The zero-order valence-corrected chi connectivity index (χ0v) is 11.3. The van der Waals surface area contributed by atoms with Crippen molar-refractivity contribution < 1.29 is 4.92 Å². The van der Waals surface area contributed by atoms with E-state index in [1.54, 1.807) is 6.07 Å². The molecule has 1 unspecified atom stereocenters. The van der Waals surface area contributed by atoms with Crippen molar-refractivity contribution in [1.29, 1.82) is 0 Å². The molecule has 18 heavy (non-hydrogen) atoms. The Kier molecular flexibility index (Phi) is 3.94. The summed E-state index contributed by atoms with van der Waals surface area (Å²) in [6.45, 7) is 1.73. The van der Waals surface area contributed by atoms with Gasteiger partial charge in [-0.25, -0.2) is 0 Å². The molecule has 0 radical (unpaired) electrons. The lowest BCUT2D eigenvalue weighted by molar-refractivity contribution is -0.384. The van der Waals surface area contributed by atoms with E-state index in [1.165, 1.54) is 6.07 Å². The summed E-state index contributed by atoms with van der Waals surface area (Å²) in [5.41, 5.74) is 0.488. The predicted octanol–water partition coefficient (Wildman–Crippen LogP) is 2.70. The Labute approximate surface area is 115 Å². The predicted molar refractivity (Wildman–Crippen MR) is 72.8 cm³/mol. The van der Waals surface area contributed by atoms with Gasteiger partial charge < -0.3 is 10.2 Å². The normalized spacial score (nSPS) is 18.9. The minimum atomic E-state index is -0.434. The van der Waals surface area contributed by atoms with Crippen molar-refractivity contribution in [1.82, 2.24) is 5.32 Å². The first-order valence-electron chi connectivity index (χ1n) is 5.57. The maximum atomic E-state index is 11.1. The highest BCUT2D eigenvalue weighted by Gasteiger charge is 2.26. The van der Waals surface area contributed by atoms with Crippen LogP contribution in [0.25, 0.3) is 0 Å². The van der Waals surface area contributed by atoms with Crippen LogP contribution in [-0.2, 0) is 0 Å². The summed E-state index contributed by atoms with van der Waals surface area (Å²) in [6, 6.07) is 3.10. The van der Waals surface area contributed by atoms with Crippen molar-refractivity contribution in [3.63, 3.8) is 0 Å². The average Bonchev–Trinajstić information content (AvgIpc) is 2.84. The van der Waals surface area contributed by atoms with E-state index >= 15 is 0 Å². The lowest BCUT2D eigenvalue weighted by Crippen LogP contribution is -2.33. The molecule has 1 aliphatic rings. The quantitative estimate of drug-likeness (QED) is 0.687. The molecule has 0 spiro atoms. The second-order valence-corrected chi connectivity index (χ2v) is 5.08. The molecule has 1 saturated heterocycles. The Balaban J connectivity index is 2.41. The molecule has 0 amide bonds. The highest BCUT2D eigenvalue weighted by Crippen LogP contribution is 2.36. The fourth-order valence-electron chi connectivity index (χ4n) is 2.12. The van der Waals surface area contributed by atoms with E-state index in [2.05, 4.69) is 5.32 Å². The molecule has 7 heteroatoms. The largest absolute Gasteiger partial charge is 0.365 e. The maximum Gasteiger partial charge on any atom is 0.294 e. The minimum absolute atomic E-state index is 0.0150. The van der Waals surface area contributed by atoms with Crippen LogP contribution in [0.3, 0.4) is 0 Å². The van der Waals surface area contributed by atoms with Crippen LogP contribution in [0.5, 0.6) is 0 Å². The first-order chi connectivity index (χ1) is 8.50. The van der Waals surface area contributed by atoms with Gasteiger partial charge in [0.2, 0.25) is 0 Å². The van der Waals surface area contributed by atoms with Gasteiger partial charge in [-0.2, -0.15) is 0 Å². The van der Waals surface area contributed by atoms with Crippen LogP contribution in [0.1, 0.15) is 6.42 Å². The number of hydrogen-bond acceptors (Lipinski definition) is 4. The highest BCUT2D eigenvalue weighted by atomic mass is 35.5. The van der Waals surface area contributed by atoms with Gasteiger partial charge in [0.25, 0.3) is 5.69 Å². The van der Waals surface area contributed by atoms with Crippen molar-refractivity contribution in [3.8, 4) is 0 Å². The van der Waals surface area contributed by atoms with Crippen molar-refractivity contribution in [3.05, 3.63) is 32.3 Å². The van der Waals surface area contributed by atoms with E-state index in [1.807, 2.05) is 11.9 Å². The van der Waals surface area contributed by atoms with Crippen LogP contribution in [-0.4, -0.2) is 31.1 Å². The van der Waals surface area contributed by atoms with E-state index in [-0.39, 0.29) is 16.8 Å². The molecule has 0 saturated carbocycles. The number of rotatable bonds is 3. The monoisotopic (exact) mass is 289 g/mol. The van der Waals surface area contributed by atoms with E-state index < -0.39 is 4.92 Å². The van der Waals surface area contributed by atoms with Gasteiger partial charge in [-0.1, -0.05) is 23.2 Å². The van der Waals surface area contributed by atoms with Crippen molar-refractivity contribution in [2.24, 2.45) is 0 Å². The summed E-state index contributed by atoms with van der Waals surface area (Å²) >= 11 is 11.8. The summed E-state index contributed by atoms with van der Waals surface area (Å²) < 4.78 is 0. The number of halogens is 2. The molecule has 0 aromatic heterocycles. The number of nitrogens with one attached hydrogen (secondary N) is 1. The van der Waals surface area contributed by atoms with Gasteiger partial charge in [0.05, 0.1) is 15.0 Å². The zero-order valence-electron chi connectivity index (χ0n) is 9.82. The Morgan fingerprint density at radius 2 is 2.11 bits per heavy atom. The molecule has 2 rings (SSSR count). The van der Waals surface area contributed by atoms with E-state index in [0.29, 0.717) is 10.7 Å². The number of likely N-dealkylation sites (N-methyl/N-ethyl adjacent to an activating group) is 1. The molecule has 98 valence electrons. The van der Waals surface area contributed by atoms with Gasteiger partial charge in [-0.05, 0) is 19.0 Å². The highest BCUT2D eigenvalue weighted by molar-refractivity contribution is 6.42. The third-order valence-corrected chi connectivity index (χ3v) is 3.90. The van der Waals surface area contributed by atoms with Gasteiger partial charge >= 0.3 is 0 Å². The van der Waals surface area contributed by atoms with E-state index in [0.717, 1.165) is 19.5 Å². The standard InChI is InChI=1S/C11H13Cl2N3O2/c1-15(7-2-3-14-6-7)10-4-8(12)9(13)5-11(10)16(17)18/h4-5,7,14H,2-3,6H2,1H3. The first-order valence-corrected chi connectivity index (χ1v) is 6.33. The van der Waals surface area contributed by atoms with Gasteiger partial charge in [0, 0.05) is 25.7 Å². The molecular weight excluding hydrogens is 277 g/mol. The van der Waals surface area contributed by atoms with Gasteiger partial charge in [0.1, 0.15) is 5.69 Å². The molecule has 0 bridgehead atoms. The fraction of sp³-hybridized carbons (Fsp3) is 0.455. The van der Waals surface area contributed by atoms with Crippen molar-refractivity contribution >= 4 is 34.6 Å². The molecule has 1 fully saturated rings. The Bertz CT molecular complexity index is 476. The molecule has 1 atom stereocenters. The molecule has 1 aliphatic heterocycles. The molecule has 0 aliphatic carbocycles. The minimum Gasteiger partial charge on any atom is -0.365 e. The topological polar surface area (TPSA) is 58.4 Å². The molecule has 5 nitrogen and oxygen atoms in total. The summed E-state index contributed by atoms with van der Waals surface area (Å²) in [5.74, 6) is 0. The second-order valence-electron chi connectivity index (χ2n) is 4.27. The van der Waals surface area contributed by atoms with E-state index in [4.69, 9.17) is 23.2 Å². The summed E-state index contributed by atoms with van der Waals surface area (Å²) in [6.07, 6.45) is 0.952. The number of nitrogens with zero attached hydrogens (tertiary/aromatic N) is 2. The Morgan fingerprint density at radius 1 is 1.44 bits per heavy atom. The summed E-state index contributed by atoms with van der Waals surface area (Å²) in [7, 11) is 1.84. The number of benzene rings is 1. The molecule has 1 N–H and O–H groups in total. The van der Waals surface area contributed by atoms with Crippen LogP contribution in [0, 0.1) is 10.1 Å². The lowest BCUT2D eigenvalue weighted by atomic mass is 10.2. The molecule has 1 aromatic rings. The second kappa shape index (κ2) is 5.30. The van der Waals surface area contributed by atoms with Crippen LogP contribution in [0.15, 0.2) is 12.1 Å². The smallest absolute Gasteiger partial charge is 0.294 e. The Morgan fingerprint density at radius 3 is 2.67 bits per heavy atom. The number of anilines is 1. The van der Waals surface area contributed by atoms with Crippen molar-refractivity contribution in [2.75, 3.05) is 25.0 Å². The van der Waals surface area contributed by atoms with Gasteiger partial charge in [0.15, 0.2) is 0 Å². The van der Waals surface area contributed by atoms with Crippen LogP contribution in [0.4, 0.5) is 11.4 Å². The summed E-state index contributed by atoms with van der Waals surface area (Å²) in [5, 5.41) is 14.8. The Hall–Kier alpha value is -1.04. The number of nitro benzene ring substituents is 1. The number of nitro groups is 1. The fourth-order valence-corrected chi connectivity index (χ4v) is 2.44. The first kappa shape index (κ1) is 13.4. The van der Waals surface area contributed by atoms with Crippen molar-refractivity contribution in [2.45, 2.75) is 12.5 Å². The zero-order chi connectivity index (χ0) is 13.3. The van der Waals surface area contributed by atoms with Gasteiger partial charge in [-0.3, -0.25) is 10.1 Å². The van der Waals surface area contributed by atoms with Gasteiger partial charge in [-0.15, -0.1) is 0 Å². The average molecular weight is 290 g/mol. The van der Waals surface area contributed by atoms with Crippen LogP contribution in [0.2, 0.25) is 10.0 Å². The molecular formula is C11H13Cl2N3O2. The third-order valence-electron chi connectivity index (χ3n) is 3.18. The maximum absolute atomic E-state index is 11.1. The molecule has 1 aromatic carbocycles. The van der Waals surface area contributed by atoms with E-state index in [9.17, 15) is 10.1 Å². The number of hydrogen-bond donors (Lipinski definition) is 1. The third kappa shape index (κ3) is 2.53. The lowest BCUT2D eigenvalue weighted by Gasteiger charge is -2.25. The SMILES string of the molecule is CN(c1cc(Cl)c(Cl)cc1[N+](=O)[O-])C1CCNC1. The molecule has 1 heterocycles.